The van der Waals surface area contributed by atoms with Crippen molar-refractivity contribution in [3.8, 4) is 0 Å². The molecule has 0 aliphatic rings. The molecule has 0 aliphatic heterocycles. The molecule has 1 atom stereocenters. The van der Waals surface area contributed by atoms with Crippen LogP contribution in [0.25, 0.3) is 0 Å². The Bertz CT molecular complexity index is 371. The van der Waals surface area contributed by atoms with Crippen molar-refractivity contribution in [3.05, 3.63) is 28.7 Å². The van der Waals surface area contributed by atoms with Crippen molar-refractivity contribution in [1.29, 1.82) is 0 Å². The van der Waals surface area contributed by atoms with Crippen LogP contribution in [0.15, 0.2) is 28.7 Å². The highest BCUT2D eigenvalue weighted by Gasteiger charge is 2.11. The minimum atomic E-state index is -0.749. The zero-order valence-corrected chi connectivity index (χ0v) is 11.2. The SMILES string of the molecule is CCOC(=O)CC(O)CNc1ccccc1Br. The number of carbonyl (C=O) groups is 1. The molecule has 0 amide bonds. The first-order valence-electron chi connectivity index (χ1n) is 5.45. The van der Waals surface area contributed by atoms with E-state index in [1.807, 2.05) is 24.3 Å². The highest BCUT2D eigenvalue weighted by atomic mass is 79.9. The van der Waals surface area contributed by atoms with Gasteiger partial charge in [-0.1, -0.05) is 12.1 Å². The third-order valence-corrected chi connectivity index (χ3v) is 2.80. The smallest absolute Gasteiger partial charge is 0.308 e. The van der Waals surface area contributed by atoms with Gasteiger partial charge in [-0.15, -0.1) is 0 Å². The Hall–Kier alpha value is -1.07. The molecule has 0 saturated carbocycles. The second-order valence-electron chi connectivity index (χ2n) is 3.52. The molecule has 1 aromatic rings. The van der Waals surface area contributed by atoms with Gasteiger partial charge in [0.15, 0.2) is 0 Å². The van der Waals surface area contributed by atoms with Gasteiger partial charge in [0.1, 0.15) is 0 Å². The van der Waals surface area contributed by atoms with Gasteiger partial charge >= 0.3 is 5.97 Å². The molecule has 0 aliphatic carbocycles. The third-order valence-electron chi connectivity index (χ3n) is 2.11. The molecular formula is C12H16BrNO3. The second-order valence-corrected chi connectivity index (χ2v) is 4.38. The average molecular weight is 302 g/mol. The molecular weight excluding hydrogens is 286 g/mol. The lowest BCUT2D eigenvalue weighted by molar-refractivity contribution is -0.145. The molecule has 0 spiro atoms. The minimum Gasteiger partial charge on any atom is -0.466 e. The van der Waals surface area contributed by atoms with E-state index in [2.05, 4.69) is 21.2 Å². The fourth-order valence-corrected chi connectivity index (χ4v) is 1.74. The summed E-state index contributed by atoms with van der Waals surface area (Å²) in [5.74, 6) is -0.381. The fourth-order valence-electron chi connectivity index (χ4n) is 1.32. The largest absolute Gasteiger partial charge is 0.466 e. The number of benzene rings is 1. The Morgan fingerprint density at radius 1 is 1.53 bits per heavy atom. The predicted molar refractivity (Wildman–Crippen MR) is 69.9 cm³/mol. The van der Waals surface area contributed by atoms with Crippen molar-refractivity contribution in [2.24, 2.45) is 0 Å². The third kappa shape index (κ3) is 5.19. The Morgan fingerprint density at radius 3 is 2.88 bits per heavy atom. The molecule has 0 saturated heterocycles. The molecule has 0 radical (unpaired) electrons. The van der Waals surface area contributed by atoms with Crippen molar-refractivity contribution in [3.63, 3.8) is 0 Å². The molecule has 0 heterocycles. The molecule has 5 heteroatoms. The topological polar surface area (TPSA) is 58.6 Å². The van der Waals surface area contributed by atoms with Crippen molar-refractivity contribution in [2.45, 2.75) is 19.4 Å². The molecule has 1 rings (SSSR count). The predicted octanol–water partition coefficient (Wildman–Crippen LogP) is 2.18. The lowest BCUT2D eigenvalue weighted by atomic mass is 10.2. The van der Waals surface area contributed by atoms with Crippen LogP contribution in [0.4, 0.5) is 5.69 Å². The van der Waals surface area contributed by atoms with Gasteiger partial charge in [-0.25, -0.2) is 0 Å². The van der Waals surface area contributed by atoms with Crippen LogP contribution in [0.5, 0.6) is 0 Å². The molecule has 0 bridgehead atoms. The zero-order valence-electron chi connectivity index (χ0n) is 9.65. The van der Waals surface area contributed by atoms with E-state index in [1.54, 1.807) is 6.92 Å². The van der Waals surface area contributed by atoms with E-state index in [9.17, 15) is 9.90 Å². The van der Waals surface area contributed by atoms with Crippen molar-refractivity contribution in [2.75, 3.05) is 18.5 Å². The molecule has 2 N–H and O–H groups in total. The number of halogens is 1. The van der Waals surface area contributed by atoms with E-state index in [0.29, 0.717) is 13.2 Å². The maximum absolute atomic E-state index is 11.1. The van der Waals surface area contributed by atoms with Crippen LogP contribution in [-0.4, -0.2) is 30.3 Å². The number of carbonyl (C=O) groups excluding carboxylic acids is 1. The first-order chi connectivity index (χ1) is 8.13. The number of aliphatic hydroxyl groups is 1. The molecule has 0 fully saturated rings. The monoisotopic (exact) mass is 301 g/mol. The number of esters is 1. The maximum atomic E-state index is 11.1. The summed E-state index contributed by atoms with van der Waals surface area (Å²) in [4.78, 5) is 11.1. The maximum Gasteiger partial charge on any atom is 0.308 e. The van der Waals surface area contributed by atoms with Crippen LogP contribution in [0.3, 0.4) is 0 Å². The molecule has 4 nitrogen and oxygen atoms in total. The fraction of sp³-hybridized carbons (Fsp3) is 0.417. The number of nitrogens with one attached hydrogen (secondary N) is 1. The molecule has 1 unspecified atom stereocenters. The molecule has 94 valence electrons. The van der Waals surface area contributed by atoms with Gasteiger partial charge < -0.3 is 15.2 Å². The van der Waals surface area contributed by atoms with E-state index in [4.69, 9.17) is 4.74 Å². The van der Waals surface area contributed by atoms with E-state index in [0.717, 1.165) is 10.2 Å². The standard InChI is InChI=1S/C12H16BrNO3/c1-2-17-12(16)7-9(15)8-14-11-6-4-3-5-10(11)13/h3-6,9,14-15H,2,7-8H2,1H3. The summed E-state index contributed by atoms with van der Waals surface area (Å²) in [7, 11) is 0. The molecule has 1 aromatic carbocycles. The molecule has 0 aromatic heterocycles. The lowest BCUT2D eigenvalue weighted by Crippen LogP contribution is -2.24. The van der Waals surface area contributed by atoms with Crippen LogP contribution >= 0.6 is 15.9 Å². The van der Waals surface area contributed by atoms with Crippen LogP contribution < -0.4 is 5.32 Å². The van der Waals surface area contributed by atoms with E-state index in [-0.39, 0.29) is 12.4 Å². The van der Waals surface area contributed by atoms with Crippen LogP contribution in [-0.2, 0) is 9.53 Å². The number of ether oxygens (including phenoxy) is 1. The second kappa shape index (κ2) is 7.29. The van der Waals surface area contributed by atoms with E-state index in [1.165, 1.54) is 0 Å². The normalized spacial score (nSPS) is 11.9. The number of aliphatic hydroxyl groups excluding tert-OH is 1. The molecule has 17 heavy (non-hydrogen) atoms. The first kappa shape index (κ1) is 14.0. The van der Waals surface area contributed by atoms with Gasteiger partial charge in [0.05, 0.1) is 19.1 Å². The van der Waals surface area contributed by atoms with Crippen LogP contribution in [0.1, 0.15) is 13.3 Å². The quantitative estimate of drug-likeness (QED) is 0.791. The van der Waals surface area contributed by atoms with Gasteiger partial charge in [0, 0.05) is 16.7 Å². The Labute approximate surface area is 109 Å². The van der Waals surface area contributed by atoms with Gasteiger partial charge in [-0.3, -0.25) is 4.79 Å². The summed E-state index contributed by atoms with van der Waals surface area (Å²) in [6, 6.07) is 7.59. The number of para-hydroxylation sites is 1. The minimum absolute atomic E-state index is 0.00525. The number of rotatable bonds is 6. The zero-order chi connectivity index (χ0) is 12.7. The summed E-state index contributed by atoms with van der Waals surface area (Å²) in [5.41, 5.74) is 0.885. The summed E-state index contributed by atoms with van der Waals surface area (Å²) < 4.78 is 5.67. The number of hydrogen-bond donors (Lipinski definition) is 2. The first-order valence-corrected chi connectivity index (χ1v) is 6.25. The van der Waals surface area contributed by atoms with Gasteiger partial charge in [-0.05, 0) is 35.0 Å². The summed E-state index contributed by atoms with van der Waals surface area (Å²) in [6.07, 6.45) is -0.744. The van der Waals surface area contributed by atoms with Gasteiger partial charge in [-0.2, -0.15) is 0 Å². The van der Waals surface area contributed by atoms with Crippen molar-refractivity contribution < 1.29 is 14.6 Å². The highest BCUT2D eigenvalue weighted by Crippen LogP contribution is 2.21. The highest BCUT2D eigenvalue weighted by molar-refractivity contribution is 9.10. The number of hydrogen-bond acceptors (Lipinski definition) is 4. The Balaban J connectivity index is 2.35. The van der Waals surface area contributed by atoms with Gasteiger partial charge in [0.2, 0.25) is 0 Å². The van der Waals surface area contributed by atoms with Crippen LogP contribution in [0, 0.1) is 0 Å². The average Bonchev–Trinajstić information content (AvgIpc) is 2.28. The van der Waals surface area contributed by atoms with Crippen molar-refractivity contribution >= 4 is 27.6 Å². The van der Waals surface area contributed by atoms with Crippen molar-refractivity contribution in [1.82, 2.24) is 0 Å². The Kier molecular flexibility index (Phi) is 6.00. The van der Waals surface area contributed by atoms with E-state index < -0.39 is 6.10 Å². The number of anilines is 1. The lowest BCUT2D eigenvalue weighted by Gasteiger charge is -2.13. The Morgan fingerprint density at radius 2 is 2.24 bits per heavy atom. The summed E-state index contributed by atoms with van der Waals surface area (Å²) in [6.45, 7) is 2.38. The summed E-state index contributed by atoms with van der Waals surface area (Å²) >= 11 is 3.39. The van der Waals surface area contributed by atoms with Gasteiger partial charge in [0.25, 0.3) is 0 Å². The van der Waals surface area contributed by atoms with Crippen LogP contribution in [0.2, 0.25) is 0 Å². The van der Waals surface area contributed by atoms with E-state index >= 15 is 0 Å². The summed E-state index contributed by atoms with van der Waals surface area (Å²) in [5, 5.41) is 12.7.